The second kappa shape index (κ2) is 8.49. The van der Waals surface area contributed by atoms with Gasteiger partial charge < -0.3 is 15.3 Å². The minimum absolute atomic E-state index is 0.0463. The molecule has 144 valence electrons. The average molecular weight is 362 g/mol. The van der Waals surface area contributed by atoms with Gasteiger partial charge in [0, 0.05) is 17.9 Å². The topological polar surface area (TPSA) is 94.8 Å². The van der Waals surface area contributed by atoms with Crippen LogP contribution in [0.4, 0.5) is 0 Å². The SMILES string of the molecule is CCC(C)C(=O)C1=C(O)C(O)(C(=O)CC=C(C)C)C(CC=C(C)C)=C1O. The van der Waals surface area contributed by atoms with Crippen LogP contribution >= 0.6 is 0 Å². The van der Waals surface area contributed by atoms with Crippen LogP contribution in [0.5, 0.6) is 0 Å². The van der Waals surface area contributed by atoms with Crippen LogP contribution < -0.4 is 0 Å². The molecule has 1 rings (SSSR count). The Hall–Kier alpha value is -2.14. The van der Waals surface area contributed by atoms with Crippen molar-refractivity contribution in [1.29, 1.82) is 0 Å². The van der Waals surface area contributed by atoms with E-state index in [9.17, 15) is 24.9 Å². The molecule has 0 amide bonds. The van der Waals surface area contributed by atoms with Crippen LogP contribution in [0.15, 0.2) is 46.0 Å². The number of rotatable bonds is 8. The van der Waals surface area contributed by atoms with Crippen LogP contribution in [-0.4, -0.2) is 32.5 Å². The van der Waals surface area contributed by atoms with Gasteiger partial charge in [0.05, 0.1) is 0 Å². The molecule has 3 N–H and O–H groups in total. The van der Waals surface area contributed by atoms with Crippen molar-refractivity contribution in [1.82, 2.24) is 0 Å². The Morgan fingerprint density at radius 2 is 1.62 bits per heavy atom. The van der Waals surface area contributed by atoms with Crippen LogP contribution in [0.2, 0.25) is 0 Å². The summed E-state index contributed by atoms with van der Waals surface area (Å²) < 4.78 is 0. The summed E-state index contributed by atoms with van der Waals surface area (Å²) in [6.07, 6.45) is 3.83. The van der Waals surface area contributed by atoms with Gasteiger partial charge in [-0.25, -0.2) is 0 Å². The van der Waals surface area contributed by atoms with E-state index in [4.69, 9.17) is 0 Å². The van der Waals surface area contributed by atoms with Crippen molar-refractivity contribution in [3.63, 3.8) is 0 Å². The lowest BCUT2D eigenvalue weighted by Gasteiger charge is -2.24. The Bertz CT molecular complexity index is 713. The Morgan fingerprint density at radius 1 is 1.08 bits per heavy atom. The van der Waals surface area contributed by atoms with Crippen LogP contribution in [0.3, 0.4) is 0 Å². The molecular formula is C21H30O5. The Balaban J connectivity index is 3.53. The fraction of sp³-hybridized carbons (Fsp3) is 0.524. The van der Waals surface area contributed by atoms with E-state index in [2.05, 4.69) is 0 Å². The van der Waals surface area contributed by atoms with Crippen molar-refractivity contribution in [3.05, 3.63) is 46.0 Å². The maximum absolute atomic E-state index is 12.7. The van der Waals surface area contributed by atoms with E-state index in [-0.39, 0.29) is 24.0 Å². The van der Waals surface area contributed by atoms with E-state index in [0.29, 0.717) is 6.42 Å². The zero-order valence-electron chi connectivity index (χ0n) is 16.5. The molecule has 26 heavy (non-hydrogen) atoms. The third-order valence-corrected chi connectivity index (χ3v) is 4.66. The van der Waals surface area contributed by atoms with Gasteiger partial charge in [0.15, 0.2) is 17.3 Å². The molecule has 1 aliphatic rings. The first-order chi connectivity index (χ1) is 12.0. The molecule has 0 aromatic carbocycles. The zero-order chi connectivity index (χ0) is 20.2. The molecule has 0 saturated carbocycles. The highest BCUT2D eigenvalue weighted by molar-refractivity contribution is 6.07. The molecule has 0 spiro atoms. The van der Waals surface area contributed by atoms with Crippen molar-refractivity contribution in [3.8, 4) is 0 Å². The average Bonchev–Trinajstić information content (AvgIpc) is 2.76. The molecule has 2 atom stereocenters. The highest BCUT2D eigenvalue weighted by Gasteiger charge is 2.52. The molecule has 0 aromatic rings. The highest BCUT2D eigenvalue weighted by Crippen LogP contribution is 2.43. The van der Waals surface area contributed by atoms with E-state index in [0.717, 1.165) is 11.1 Å². The maximum atomic E-state index is 12.7. The minimum atomic E-state index is -2.37. The standard InChI is InChI=1S/C21H30O5/c1-7-14(6)18(23)17-19(24)15(10-8-12(2)3)21(26,20(17)25)16(22)11-9-13(4)5/h8-9,14,24-26H,7,10-11H2,1-6H3. The lowest BCUT2D eigenvalue weighted by atomic mass is 9.86. The lowest BCUT2D eigenvalue weighted by Crippen LogP contribution is -2.41. The summed E-state index contributed by atoms with van der Waals surface area (Å²) in [5.74, 6) is -2.85. The third-order valence-electron chi connectivity index (χ3n) is 4.66. The summed E-state index contributed by atoms with van der Waals surface area (Å²) >= 11 is 0. The molecule has 0 aliphatic heterocycles. The molecular weight excluding hydrogens is 332 g/mol. The van der Waals surface area contributed by atoms with Crippen molar-refractivity contribution >= 4 is 11.6 Å². The van der Waals surface area contributed by atoms with Gasteiger partial charge in [-0.2, -0.15) is 0 Å². The first kappa shape index (κ1) is 21.9. The third kappa shape index (κ3) is 4.15. The molecule has 5 heteroatoms. The predicted molar refractivity (Wildman–Crippen MR) is 102 cm³/mol. The van der Waals surface area contributed by atoms with Crippen molar-refractivity contribution in [2.24, 2.45) is 5.92 Å². The molecule has 5 nitrogen and oxygen atoms in total. The van der Waals surface area contributed by atoms with Gasteiger partial charge in [0.1, 0.15) is 11.3 Å². The van der Waals surface area contributed by atoms with E-state index < -0.39 is 34.6 Å². The number of carbonyl (C=O) groups excluding carboxylic acids is 2. The number of aliphatic hydroxyl groups is 3. The number of aliphatic hydroxyl groups excluding tert-OH is 2. The van der Waals surface area contributed by atoms with Gasteiger partial charge in [-0.1, -0.05) is 37.1 Å². The number of hydrogen-bond acceptors (Lipinski definition) is 5. The van der Waals surface area contributed by atoms with E-state index >= 15 is 0 Å². The van der Waals surface area contributed by atoms with Gasteiger partial charge in [0.25, 0.3) is 0 Å². The summed E-state index contributed by atoms with van der Waals surface area (Å²) in [6.45, 7) is 10.8. The number of ketones is 2. The molecule has 0 aromatic heterocycles. The molecule has 2 unspecified atom stereocenters. The van der Waals surface area contributed by atoms with Gasteiger partial charge in [-0.05, 0) is 40.5 Å². The number of carbonyl (C=O) groups is 2. The fourth-order valence-electron chi connectivity index (χ4n) is 2.72. The predicted octanol–water partition coefficient (Wildman–Crippen LogP) is 4.25. The molecule has 0 radical (unpaired) electrons. The number of hydrogen-bond donors (Lipinski definition) is 3. The number of Topliss-reactive ketones (excluding diaryl/α,β-unsaturated/α-hetero) is 2. The van der Waals surface area contributed by atoms with Gasteiger partial charge >= 0.3 is 0 Å². The van der Waals surface area contributed by atoms with Gasteiger partial charge in [-0.3, -0.25) is 9.59 Å². The second-order valence-corrected chi connectivity index (χ2v) is 7.33. The normalized spacial score (nSPS) is 20.9. The first-order valence-electron chi connectivity index (χ1n) is 8.91. The van der Waals surface area contributed by atoms with Crippen LogP contribution in [0.25, 0.3) is 0 Å². The summed E-state index contributed by atoms with van der Waals surface area (Å²) in [5.41, 5.74) is -0.955. The van der Waals surface area contributed by atoms with Crippen LogP contribution in [0.1, 0.15) is 60.8 Å². The summed E-state index contributed by atoms with van der Waals surface area (Å²) in [7, 11) is 0. The summed E-state index contributed by atoms with van der Waals surface area (Å²) in [6, 6.07) is 0. The van der Waals surface area contributed by atoms with E-state index in [1.165, 1.54) is 0 Å². The smallest absolute Gasteiger partial charge is 0.207 e. The van der Waals surface area contributed by atoms with E-state index in [1.54, 1.807) is 19.1 Å². The van der Waals surface area contributed by atoms with Gasteiger partial charge in [-0.15, -0.1) is 0 Å². The van der Waals surface area contributed by atoms with E-state index in [1.807, 2.05) is 34.6 Å². The van der Waals surface area contributed by atoms with Crippen molar-refractivity contribution in [2.75, 3.05) is 0 Å². The number of allylic oxidation sites excluding steroid dienone is 5. The quantitative estimate of drug-likeness (QED) is 0.561. The fourth-order valence-corrected chi connectivity index (χ4v) is 2.72. The largest absolute Gasteiger partial charge is 0.507 e. The highest BCUT2D eigenvalue weighted by atomic mass is 16.4. The molecule has 0 saturated heterocycles. The second-order valence-electron chi connectivity index (χ2n) is 7.33. The molecule has 0 bridgehead atoms. The van der Waals surface area contributed by atoms with Crippen LogP contribution in [0, 0.1) is 5.92 Å². The molecule has 0 fully saturated rings. The summed E-state index contributed by atoms with van der Waals surface area (Å²) in [5, 5.41) is 32.3. The van der Waals surface area contributed by atoms with Gasteiger partial charge in [0.2, 0.25) is 5.60 Å². The Morgan fingerprint density at radius 3 is 2.08 bits per heavy atom. The summed E-state index contributed by atoms with van der Waals surface area (Å²) in [4.78, 5) is 25.3. The lowest BCUT2D eigenvalue weighted by molar-refractivity contribution is -0.132. The molecule has 0 heterocycles. The first-order valence-corrected chi connectivity index (χ1v) is 8.91. The zero-order valence-corrected chi connectivity index (χ0v) is 16.5. The molecule has 1 aliphatic carbocycles. The Labute approximate surface area is 155 Å². The monoisotopic (exact) mass is 362 g/mol. The maximum Gasteiger partial charge on any atom is 0.207 e. The van der Waals surface area contributed by atoms with Crippen LogP contribution in [-0.2, 0) is 9.59 Å². The minimum Gasteiger partial charge on any atom is -0.507 e. The Kier molecular flexibility index (Phi) is 7.16. The van der Waals surface area contributed by atoms with Crippen molar-refractivity contribution < 1.29 is 24.9 Å². The van der Waals surface area contributed by atoms with Crippen molar-refractivity contribution in [2.45, 2.75) is 66.4 Å².